The molecule has 2 aliphatic carbocycles. The van der Waals surface area contributed by atoms with Crippen LogP contribution in [-0.4, -0.2) is 11.1 Å². The van der Waals surface area contributed by atoms with Gasteiger partial charge in [0.2, 0.25) is 0 Å². The number of hydrogen-bond donors (Lipinski definition) is 1. The van der Waals surface area contributed by atoms with Crippen molar-refractivity contribution < 1.29 is 23.1 Å². The fraction of sp³-hybridized carbons (Fsp3) is 0.625. The maximum Gasteiger partial charge on any atom is 0.416 e. The molecule has 160 valence electrons. The summed E-state index contributed by atoms with van der Waals surface area (Å²) in [6.07, 6.45) is 6.45. The van der Waals surface area contributed by atoms with E-state index >= 15 is 0 Å². The van der Waals surface area contributed by atoms with Crippen LogP contribution in [0.15, 0.2) is 36.9 Å². The van der Waals surface area contributed by atoms with Gasteiger partial charge >= 0.3 is 12.1 Å². The lowest BCUT2D eigenvalue weighted by Crippen LogP contribution is -2.30. The Morgan fingerprint density at radius 1 is 1.00 bits per heavy atom. The van der Waals surface area contributed by atoms with Crippen LogP contribution in [0.5, 0.6) is 0 Å². The van der Waals surface area contributed by atoms with E-state index in [9.17, 15) is 23.1 Å². The van der Waals surface area contributed by atoms with Gasteiger partial charge in [0.1, 0.15) is 0 Å². The van der Waals surface area contributed by atoms with Crippen LogP contribution < -0.4 is 0 Å². The molecular weight excluding hydrogens is 377 g/mol. The molecule has 29 heavy (non-hydrogen) atoms. The van der Waals surface area contributed by atoms with Crippen LogP contribution in [0.4, 0.5) is 13.2 Å². The van der Waals surface area contributed by atoms with Crippen LogP contribution in [0.2, 0.25) is 0 Å². The standard InChI is InChI=1S/C24H31F3O2/c1-2-3-22(23(28)29)20-10-8-18(9-11-20)16-4-6-17(7-5-16)19-12-14-21(15-13-19)24(25,26)27/h2,12-18,20,22H,1,3-11H2,(H,28,29)/t16-,17-,18?,20?,22?. The molecule has 1 atom stereocenters. The lowest BCUT2D eigenvalue weighted by molar-refractivity contribution is -0.144. The van der Waals surface area contributed by atoms with Crippen molar-refractivity contribution in [3.63, 3.8) is 0 Å². The molecule has 0 bridgehead atoms. The quantitative estimate of drug-likeness (QED) is 0.512. The van der Waals surface area contributed by atoms with Gasteiger partial charge in [-0.25, -0.2) is 0 Å². The van der Waals surface area contributed by atoms with Crippen LogP contribution >= 0.6 is 0 Å². The number of rotatable bonds is 6. The Bertz CT molecular complexity index is 679. The Hall–Kier alpha value is -1.78. The molecule has 2 fully saturated rings. The third-order valence-electron chi connectivity index (χ3n) is 7.27. The molecule has 0 spiro atoms. The molecule has 1 N–H and O–H groups in total. The van der Waals surface area contributed by atoms with E-state index in [4.69, 9.17) is 0 Å². The average molecular weight is 409 g/mol. The van der Waals surface area contributed by atoms with Gasteiger partial charge in [-0.1, -0.05) is 18.2 Å². The number of benzene rings is 1. The SMILES string of the molecule is C=CCC(C(=O)O)C1CCC([C@H]2CC[C@H](c3ccc(C(F)(F)F)cc3)CC2)CC1. The molecule has 0 aromatic heterocycles. The highest BCUT2D eigenvalue weighted by Crippen LogP contribution is 2.45. The van der Waals surface area contributed by atoms with E-state index in [2.05, 4.69) is 6.58 Å². The van der Waals surface area contributed by atoms with Crippen molar-refractivity contribution in [3.05, 3.63) is 48.0 Å². The number of hydrogen-bond acceptors (Lipinski definition) is 1. The fourth-order valence-corrected chi connectivity index (χ4v) is 5.56. The Balaban J connectivity index is 1.49. The lowest BCUT2D eigenvalue weighted by Gasteiger charge is -2.39. The second-order valence-corrected chi connectivity index (χ2v) is 8.88. The molecule has 1 aromatic rings. The Morgan fingerprint density at radius 3 is 1.97 bits per heavy atom. The molecule has 5 heteroatoms. The number of carboxylic acids is 1. The van der Waals surface area contributed by atoms with Gasteiger partial charge in [0, 0.05) is 0 Å². The lowest BCUT2D eigenvalue weighted by atomic mass is 9.66. The first kappa shape index (κ1) is 21.9. The van der Waals surface area contributed by atoms with Gasteiger partial charge < -0.3 is 5.11 Å². The summed E-state index contributed by atoms with van der Waals surface area (Å²) in [5, 5.41) is 9.46. The van der Waals surface area contributed by atoms with Crippen LogP contribution in [0.25, 0.3) is 0 Å². The molecule has 3 rings (SSSR count). The van der Waals surface area contributed by atoms with Gasteiger partial charge in [0.05, 0.1) is 11.5 Å². The van der Waals surface area contributed by atoms with Gasteiger partial charge in [0.25, 0.3) is 0 Å². The van der Waals surface area contributed by atoms with E-state index in [1.807, 2.05) is 0 Å². The summed E-state index contributed by atoms with van der Waals surface area (Å²) in [6.45, 7) is 3.70. The summed E-state index contributed by atoms with van der Waals surface area (Å²) in [5.74, 6) is 0.940. The van der Waals surface area contributed by atoms with E-state index in [0.29, 0.717) is 24.2 Å². The molecule has 2 saturated carbocycles. The normalized spacial score (nSPS) is 29.2. The molecular formula is C24H31F3O2. The maximum atomic E-state index is 12.7. The summed E-state index contributed by atoms with van der Waals surface area (Å²) in [4.78, 5) is 11.5. The predicted molar refractivity (Wildman–Crippen MR) is 108 cm³/mol. The zero-order valence-corrected chi connectivity index (χ0v) is 16.8. The first-order chi connectivity index (χ1) is 13.8. The largest absolute Gasteiger partial charge is 0.481 e. The molecule has 1 unspecified atom stereocenters. The Morgan fingerprint density at radius 2 is 1.52 bits per heavy atom. The van der Waals surface area contributed by atoms with E-state index in [1.54, 1.807) is 18.2 Å². The van der Waals surface area contributed by atoms with E-state index in [0.717, 1.165) is 56.9 Å². The smallest absolute Gasteiger partial charge is 0.416 e. The minimum Gasteiger partial charge on any atom is -0.481 e. The monoisotopic (exact) mass is 408 g/mol. The van der Waals surface area contributed by atoms with Gasteiger partial charge in [-0.3, -0.25) is 4.79 Å². The zero-order chi connectivity index (χ0) is 21.0. The number of alkyl halides is 3. The summed E-state index contributed by atoms with van der Waals surface area (Å²) < 4.78 is 38.2. The number of carboxylic acid groups (broad SMARTS) is 1. The van der Waals surface area contributed by atoms with Gasteiger partial charge in [-0.15, -0.1) is 6.58 Å². The molecule has 0 amide bonds. The minimum absolute atomic E-state index is 0.255. The fourth-order valence-electron chi connectivity index (χ4n) is 5.56. The van der Waals surface area contributed by atoms with Crippen molar-refractivity contribution in [1.82, 2.24) is 0 Å². The van der Waals surface area contributed by atoms with E-state index in [1.165, 1.54) is 12.1 Å². The summed E-state index contributed by atoms with van der Waals surface area (Å²) >= 11 is 0. The Kier molecular flexibility index (Phi) is 7.07. The molecule has 0 saturated heterocycles. The van der Waals surface area contributed by atoms with Crippen LogP contribution in [0.1, 0.15) is 74.8 Å². The highest BCUT2D eigenvalue weighted by Gasteiger charge is 2.35. The summed E-state index contributed by atoms with van der Waals surface area (Å²) in [6, 6.07) is 5.69. The first-order valence-corrected chi connectivity index (χ1v) is 10.8. The number of carbonyl (C=O) groups is 1. The van der Waals surface area contributed by atoms with Crippen molar-refractivity contribution in [2.45, 2.75) is 69.9 Å². The van der Waals surface area contributed by atoms with Crippen molar-refractivity contribution >= 4 is 5.97 Å². The van der Waals surface area contributed by atoms with Crippen molar-refractivity contribution in [2.24, 2.45) is 23.7 Å². The first-order valence-electron chi connectivity index (χ1n) is 10.8. The number of aliphatic carboxylic acids is 1. The third-order valence-corrected chi connectivity index (χ3v) is 7.27. The molecule has 0 heterocycles. The van der Waals surface area contributed by atoms with Crippen LogP contribution in [0, 0.1) is 23.7 Å². The summed E-state index contributed by atoms with van der Waals surface area (Å²) in [5.41, 5.74) is 0.441. The second kappa shape index (κ2) is 9.36. The van der Waals surface area contributed by atoms with Crippen molar-refractivity contribution in [1.29, 1.82) is 0 Å². The van der Waals surface area contributed by atoms with Crippen molar-refractivity contribution in [2.75, 3.05) is 0 Å². The van der Waals surface area contributed by atoms with E-state index < -0.39 is 17.7 Å². The highest BCUT2D eigenvalue weighted by molar-refractivity contribution is 5.70. The maximum absolute atomic E-state index is 12.7. The van der Waals surface area contributed by atoms with Gasteiger partial charge in [-0.2, -0.15) is 13.2 Å². The van der Waals surface area contributed by atoms with E-state index in [-0.39, 0.29) is 11.8 Å². The Labute approximate surface area is 171 Å². The molecule has 1 aromatic carbocycles. The van der Waals surface area contributed by atoms with Crippen molar-refractivity contribution in [3.8, 4) is 0 Å². The molecule has 2 nitrogen and oxygen atoms in total. The predicted octanol–water partition coefficient (Wildman–Crippen LogP) is 7.06. The highest BCUT2D eigenvalue weighted by atomic mass is 19.4. The van der Waals surface area contributed by atoms with Gasteiger partial charge in [0.15, 0.2) is 0 Å². The second-order valence-electron chi connectivity index (χ2n) is 8.88. The van der Waals surface area contributed by atoms with Crippen LogP contribution in [0.3, 0.4) is 0 Å². The third kappa shape index (κ3) is 5.43. The number of halogens is 3. The summed E-state index contributed by atoms with van der Waals surface area (Å²) in [7, 11) is 0. The topological polar surface area (TPSA) is 37.3 Å². The molecule has 0 aliphatic heterocycles. The van der Waals surface area contributed by atoms with Gasteiger partial charge in [-0.05, 0) is 99.2 Å². The zero-order valence-electron chi connectivity index (χ0n) is 16.8. The number of allylic oxidation sites excluding steroid dienone is 1. The average Bonchev–Trinajstić information content (AvgIpc) is 2.71. The van der Waals surface area contributed by atoms with Crippen LogP contribution in [-0.2, 0) is 11.0 Å². The minimum atomic E-state index is -4.28. The molecule has 0 radical (unpaired) electrons. The molecule has 2 aliphatic rings.